The SMILES string of the molecule is O=C(N[C@H]1CCN2CCCC[C@@H]12)c1sccc1S(=O)(=O)N1CCCCC1. The van der Waals surface area contributed by atoms with Gasteiger partial charge in [0.1, 0.15) is 9.77 Å². The molecule has 3 aliphatic rings. The summed E-state index contributed by atoms with van der Waals surface area (Å²) in [5.74, 6) is -0.229. The molecule has 4 heterocycles. The number of amides is 1. The number of nitrogens with one attached hydrogen (secondary N) is 1. The fraction of sp³-hybridized carbons (Fsp3) is 0.722. The second kappa shape index (κ2) is 7.58. The summed E-state index contributed by atoms with van der Waals surface area (Å²) in [5.41, 5.74) is 0. The molecular formula is C18H27N3O3S2. The zero-order valence-electron chi connectivity index (χ0n) is 15.0. The van der Waals surface area contributed by atoms with Gasteiger partial charge in [0.25, 0.3) is 5.91 Å². The van der Waals surface area contributed by atoms with E-state index in [1.54, 1.807) is 11.4 Å². The molecule has 3 saturated heterocycles. The summed E-state index contributed by atoms with van der Waals surface area (Å²) >= 11 is 1.23. The highest BCUT2D eigenvalue weighted by atomic mass is 32.2. The number of rotatable bonds is 4. The highest BCUT2D eigenvalue weighted by Gasteiger charge is 2.37. The lowest BCUT2D eigenvalue weighted by atomic mass is 9.99. The van der Waals surface area contributed by atoms with Gasteiger partial charge in [-0.05, 0) is 50.1 Å². The van der Waals surface area contributed by atoms with Crippen LogP contribution < -0.4 is 5.32 Å². The van der Waals surface area contributed by atoms with E-state index >= 15 is 0 Å². The zero-order valence-corrected chi connectivity index (χ0v) is 16.7. The lowest BCUT2D eigenvalue weighted by Crippen LogP contribution is -2.47. The lowest BCUT2D eigenvalue weighted by molar-refractivity contribution is 0.0916. The van der Waals surface area contributed by atoms with E-state index in [-0.39, 0.29) is 16.8 Å². The molecule has 0 aromatic carbocycles. The summed E-state index contributed by atoms with van der Waals surface area (Å²) in [5, 5.41) is 4.86. The van der Waals surface area contributed by atoms with Crippen molar-refractivity contribution in [3.63, 3.8) is 0 Å². The summed E-state index contributed by atoms with van der Waals surface area (Å²) in [6.45, 7) is 3.25. The molecule has 4 rings (SSSR count). The van der Waals surface area contributed by atoms with Crippen LogP contribution in [0.3, 0.4) is 0 Å². The number of hydrogen-bond donors (Lipinski definition) is 1. The monoisotopic (exact) mass is 397 g/mol. The van der Waals surface area contributed by atoms with Crippen molar-refractivity contribution < 1.29 is 13.2 Å². The van der Waals surface area contributed by atoms with Gasteiger partial charge < -0.3 is 5.32 Å². The average molecular weight is 398 g/mol. The molecule has 1 amide bonds. The number of sulfonamides is 1. The van der Waals surface area contributed by atoms with Gasteiger partial charge in [0.15, 0.2) is 0 Å². The number of fused-ring (bicyclic) bond motifs is 1. The number of thiophene rings is 1. The number of hydrogen-bond acceptors (Lipinski definition) is 5. The van der Waals surface area contributed by atoms with E-state index in [1.807, 2.05) is 0 Å². The fourth-order valence-corrected chi connectivity index (χ4v) is 7.38. The standard InChI is InChI=1S/C18H27N3O3S2/c22-18(19-14-7-12-20-9-5-2-6-15(14)20)17-16(8-13-25-17)26(23,24)21-10-3-1-4-11-21/h8,13-15H,1-7,9-12H2,(H,19,22)/t14-,15-/m0/s1. The van der Waals surface area contributed by atoms with Crippen LogP contribution in [0.5, 0.6) is 0 Å². The molecule has 0 unspecified atom stereocenters. The fourth-order valence-electron chi connectivity index (χ4n) is 4.56. The summed E-state index contributed by atoms with van der Waals surface area (Å²) in [6, 6.07) is 2.13. The maximum Gasteiger partial charge on any atom is 0.263 e. The third kappa shape index (κ3) is 3.44. The maximum absolute atomic E-state index is 13.0. The molecule has 1 N–H and O–H groups in total. The van der Waals surface area contributed by atoms with Crippen molar-refractivity contribution in [1.29, 1.82) is 0 Å². The van der Waals surface area contributed by atoms with Crippen LogP contribution in [0.15, 0.2) is 16.3 Å². The first-order valence-electron chi connectivity index (χ1n) is 9.70. The Hall–Kier alpha value is -0.960. The summed E-state index contributed by atoms with van der Waals surface area (Å²) in [4.78, 5) is 15.9. The van der Waals surface area contributed by atoms with Crippen LogP contribution in [-0.4, -0.2) is 61.8 Å². The van der Waals surface area contributed by atoms with E-state index in [4.69, 9.17) is 0 Å². The second-order valence-electron chi connectivity index (χ2n) is 7.55. The van der Waals surface area contributed by atoms with Crippen molar-refractivity contribution in [3.8, 4) is 0 Å². The van der Waals surface area contributed by atoms with E-state index in [0.29, 0.717) is 24.0 Å². The van der Waals surface area contributed by atoms with Gasteiger partial charge in [-0.1, -0.05) is 12.8 Å². The molecule has 3 aliphatic heterocycles. The van der Waals surface area contributed by atoms with Crippen LogP contribution in [0.2, 0.25) is 0 Å². The van der Waals surface area contributed by atoms with Gasteiger partial charge in [0, 0.05) is 31.7 Å². The Morgan fingerprint density at radius 1 is 1.04 bits per heavy atom. The Morgan fingerprint density at radius 3 is 2.62 bits per heavy atom. The van der Waals surface area contributed by atoms with Crippen LogP contribution >= 0.6 is 11.3 Å². The lowest BCUT2D eigenvalue weighted by Gasteiger charge is -2.32. The van der Waals surface area contributed by atoms with Gasteiger partial charge in [-0.3, -0.25) is 9.69 Å². The number of carbonyl (C=O) groups is 1. The van der Waals surface area contributed by atoms with Gasteiger partial charge in [-0.15, -0.1) is 11.3 Å². The molecule has 8 heteroatoms. The van der Waals surface area contributed by atoms with Gasteiger partial charge in [0.2, 0.25) is 10.0 Å². The number of carbonyl (C=O) groups excluding carboxylic acids is 1. The molecule has 6 nitrogen and oxygen atoms in total. The van der Waals surface area contributed by atoms with E-state index in [1.165, 1.54) is 28.5 Å². The Bertz CT molecular complexity index is 755. The highest BCUT2D eigenvalue weighted by molar-refractivity contribution is 7.89. The smallest absolute Gasteiger partial charge is 0.263 e. The Kier molecular flexibility index (Phi) is 5.36. The van der Waals surface area contributed by atoms with Gasteiger partial charge >= 0.3 is 0 Å². The second-order valence-corrected chi connectivity index (χ2v) is 10.4. The van der Waals surface area contributed by atoms with Crippen molar-refractivity contribution in [2.24, 2.45) is 0 Å². The van der Waals surface area contributed by atoms with E-state index in [2.05, 4.69) is 10.2 Å². The van der Waals surface area contributed by atoms with Crippen LogP contribution in [0, 0.1) is 0 Å². The first-order chi connectivity index (χ1) is 12.6. The minimum absolute atomic E-state index is 0.135. The molecule has 0 saturated carbocycles. The molecule has 1 aromatic heterocycles. The highest BCUT2D eigenvalue weighted by Crippen LogP contribution is 2.30. The van der Waals surface area contributed by atoms with Gasteiger partial charge in [-0.2, -0.15) is 4.31 Å². The Labute approximate surface area is 159 Å². The van der Waals surface area contributed by atoms with E-state index < -0.39 is 10.0 Å². The Balaban J connectivity index is 1.50. The summed E-state index contributed by atoms with van der Waals surface area (Å²) in [6.07, 6.45) is 7.38. The van der Waals surface area contributed by atoms with Crippen molar-refractivity contribution in [1.82, 2.24) is 14.5 Å². The molecule has 0 aliphatic carbocycles. The molecule has 0 spiro atoms. The Morgan fingerprint density at radius 2 is 1.81 bits per heavy atom. The molecule has 26 heavy (non-hydrogen) atoms. The quantitative estimate of drug-likeness (QED) is 0.846. The molecule has 0 radical (unpaired) electrons. The first-order valence-corrected chi connectivity index (χ1v) is 12.0. The van der Waals surface area contributed by atoms with Crippen LogP contribution in [-0.2, 0) is 10.0 Å². The van der Waals surface area contributed by atoms with Gasteiger partial charge in [0.05, 0.1) is 0 Å². The van der Waals surface area contributed by atoms with Crippen molar-refractivity contribution in [3.05, 3.63) is 16.3 Å². The van der Waals surface area contributed by atoms with E-state index in [0.717, 1.165) is 45.2 Å². The van der Waals surface area contributed by atoms with Crippen molar-refractivity contribution >= 4 is 27.3 Å². The molecule has 3 fully saturated rings. The summed E-state index contributed by atoms with van der Waals surface area (Å²) in [7, 11) is -3.58. The zero-order chi connectivity index (χ0) is 18.1. The topological polar surface area (TPSA) is 69.7 Å². The third-order valence-corrected chi connectivity index (χ3v) is 8.92. The third-order valence-electron chi connectivity index (χ3n) is 5.94. The van der Waals surface area contributed by atoms with Gasteiger partial charge in [-0.25, -0.2) is 8.42 Å². The number of nitrogens with zero attached hydrogens (tertiary/aromatic N) is 2. The predicted octanol–water partition coefficient (Wildman–Crippen LogP) is 2.28. The molecular weight excluding hydrogens is 370 g/mol. The summed E-state index contributed by atoms with van der Waals surface area (Å²) < 4.78 is 27.5. The first kappa shape index (κ1) is 18.4. The molecule has 2 atom stereocenters. The van der Waals surface area contributed by atoms with E-state index in [9.17, 15) is 13.2 Å². The van der Waals surface area contributed by atoms with Crippen molar-refractivity contribution in [2.45, 2.75) is 61.9 Å². The molecule has 1 aromatic rings. The number of piperidine rings is 2. The largest absolute Gasteiger partial charge is 0.347 e. The molecule has 0 bridgehead atoms. The maximum atomic E-state index is 13.0. The minimum atomic E-state index is -3.58. The molecule has 144 valence electrons. The van der Waals surface area contributed by atoms with Crippen LogP contribution in [0.25, 0.3) is 0 Å². The predicted molar refractivity (Wildman–Crippen MR) is 102 cm³/mol. The van der Waals surface area contributed by atoms with Crippen LogP contribution in [0.1, 0.15) is 54.6 Å². The normalized spacial score (nSPS) is 28.0. The van der Waals surface area contributed by atoms with Crippen LogP contribution in [0.4, 0.5) is 0 Å². The van der Waals surface area contributed by atoms with Crippen molar-refractivity contribution in [2.75, 3.05) is 26.2 Å². The average Bonchev–Trinajstić information content (AvgIpc) is 3.30. The minimum Gasteiger partial charge on any atom is -0.347 e.